The second kappa shape index (κ2) is 11.0. The quantitative estimate of drug-likeness (QED) is 0.660. The highest BCUT2D eigenvalue weighted by Crippen LogP contribution is 2.35. The van der Waals surface area contributed by atoms with E-state index in [1.807, 2.05) is 16.7 Å². The van der Waals surface area contributed by atoms with Crippen LogP contribution in [0.1, 0.15) is 31.7 Å². The molecule has 10 heteroatoms. The second-order valence-corrected chi connectivity index (χ2v) is 8.24. The zero-order chi connectivity index (χ0) is 23.1. The van der Waals surface area contributed by atoms with Crippen LogP contribution in [0, 0.1) is 5.92 Å². The third kappa shape index (κ3) is 6.59. The minimum Gasteiger partial charge on any atom is -0.378 e. The summed E-state index contributed by atoms with van der Waals surface area (Å²) >= 11 is 0. The number of alkyl halides is 3. The molecule has 0 bridgehead atoms. The van der Waals surface area contributed by atoms with Gasteiger partial charge in [0.25, 0.3) is 0 Å². The highest BCUT2D eigenvalue weighted by atomic mass is 19.4. The molecule has 32 heavy (non-hydrogen) atoms. The van der Waals surface area contributed by atoms with E-state index in [1.54, 1.807) is 0 Å². The molecule has 2 aliphatic rings. The molecule has 0 unspecified atom stereocenters. The maximum absolute atomic E-state index is 13.3. The minimum absolute atomic E-state index is 0.00978. The molecule has 0 spiro atoms. The van der Waals surface area contributed by atoms with Crippen LogP contribution in [0.15, 0.2) is 18.2 Å². The average molecular weight is 457 g/mol. The fraction of sp³-hybridized carbons (Fsp3) is 0.636. The molecule has 3 rings (SSSR count). The van der Waals surface area contributed by atoms with Crippen LogP contribution < -0.4 is 15.5 Å². The number of hydrogen-bond donors (Lipinski definition) is 2. The van der Waals surface area contributed by atoms with Gasteiger partial charge in [0.1, 0.15) is 0 Å². The van der Waals surface area contributed by atoms with Gasteiger partial charge in [-0.25, -0.2) is 0 Å². The number of hydrogen-bond acceptors (Lipinski definition) is 5. The highest BCUT2D eigenvalue weighted by molar-refractivity contribution is 5.96. The van der Waals surface area contributed by atoms with Gasteiger partial charge in [0.2, 0.25) is 11.8 Å². The predicted octanol–water partition coefficient (Wildman–Crippen LogP) is 2.72. The molecular formula is C22H31F3N4O3. The Labute approximate surface area is 186 Å². The van der Waals surface area contributed by atoms with E-state index in [0.717, 1.165) is 31.4 Å². The van der Waals surface area contributed by atoms with Crippen LogP contribution in [0.3, 0.4) is 0 Å². The summed E-state index contributed by atoms with van der Waals surface area (Å²) in [6, 6.07) is 3.42. The average Bonchev–Trinajstić information content (AvgIpc) is 2.77. The molecule has 2 fully saturated rings. The van der Waals surface area contributed by atoms with Crippen molar-refractivity contribution in [1.29, 1.82) is 0 Å². The number of anilines is 2. The number of nitrogens with one attached hydrogen (secondary N) is 2. The summed E-state index contributed by atoms with van der Waals surface area (Å²) in [6.07, 6.45) is -2.09. The number of morpholine rings is 1. The number of amides is 2. The second-order valence-electron chi connectivity index (χ2n) is 8.24. The van der Waals surface area contributed by atoms with E-state index in [4.69, 9.17) is 4.74 Å². The van der Waals surface area contributed by atoms with E-state index in [1.165, 1.54) is 6.07 Å². The zero-order valence-electron chi connectivity index (χ0n) is 18.3. The SMILES string of the molecule is CCCNC(=O)[C@H]1CCCN(CC(=O)Nc2cc(C(F)(F)F)ccc2N2CCOCC2)C1. The Bertz CT molecular complexity index is 797. The molecule has 0 aromatic heterocycles. The maximum atomic E-state index is 13.3. The van der Waals surface area contributed by atoms with Crippen molar-refractivity contribution >= 4 is 23.2 Å². The molecule has 1 aromatic rings. The van der Waals surface area contributed by atoms with Gasteiger partial charge in [-0.05, 0) is 44.0 Å². The first kappa shape index (κ1) is 24.3. The maximum Gasteiger partial charge on any atom is 0.416 e. The van der Waals surface area contributed by atoms with Crippen LogP contribution in [0.5, 0.6) is 0 Å². The molecule has 178 valence electrons. The van der Waals surface area contributed by atoms with Gasteiger partial charge >= 0.3 is 6.18 Å². The third-order valence-electron chi connectivity index (χ3n) is 5.74. The van der Waals surface area contributed by atoms with E-state index in [9.17, 15) is 22.8 Å². The molecule has 2 N–H and O–H groups in total. The molecule has 0 radical (unpaired) electrons. The number of ether oxygens (including phenoxy) is 1. The van der Waals surface area contributed by atoms with Crippen LogP contribution in [0.4, 0.5) is 24.5 Å². The Balaban J connectivity index is 1.68. The predicted molar refractivity (Wildman–Crippen MR) is 116 cm³/mol. The Morgan fingerprint density at radius 3 is 2.62 bits per heavy atom. The molecule has 2 saturated heterocycles. The van der Waals surface area contributed by atoms with Gasteiger partial charge in [-0.15, -0.1) is 0 Å². The zero-order valence-corrected chi connectivity index (χ0v) is 18.3. The largest absolute Gasteiger partial charge is 0.416 e. The minimum atomic E-state index is -4.51. The Morgan fingerprint density at radius 2 is 1.94 bits per heavy atom. The van der Waals surface area contributed by atoms with Crippen molar-refractivity contribution in [1.82, 2.24) is 10.2 Å². The van der Waals surface area contributed by atoms with Gasteiger partial charge in [0.05, 0.1) is 42.6 Å². The van der Waals surface area contributed by atoms with E-state index >= 15 is 0 Å². The lowest BCUT2D eigenvalue weighted by molar-refractivity contribution is -0.137. The van der Waals surface area contributed by atoms with E-state index in [-0.39, 0.29) is 24.1 Å². The lowest BCUT2D eigenvalue weighted by Crippen LogP contribution is -2.45. The van der Waals surface area contributed by atoms with E-state index in [0.29, 0.717) is 51.6 Å². The molecule has 1 aromatic carbocycles. The van der Waals surface area contributed by atoms with E-state index in [2.05, 4.69) is 10.6 Å². The molecule has 0 saturated carbocycles. The number of piperidine rings is 1. The lowest BCUT2D eigenvalue weighted by atomic mass is 9.97. The smallest absolute Gasteiger partial charge is 0.378 e. The van der Waals surface area contributed by atoms with Crippen molar-refractivity contribution < 1.29 is 27.5 Å². The van der Waals surface area contributed by atoms with Crippen LogP contribution >= 0.6 is 0 Å². The summed E-state index contributed by atoms with van der Waals surface area (Å²) in [5.74, 6) is -0.585. The number of nitrogens with zero attached hydrogens (tertiary/aromatic N) is 2. The lowest BCUT2D eigenvalue weighted by Gasteiger charge is -2.32. The summed E-state index contributed by atoms with van der Waals surface area (Å²) < 4.78 is 45.1. The van der Waals surface area contributed by atoms with Crippen molar-refractivity contribution in [2.45, 2.75) is 32.4 Å². The first-order valence-electron chi connectivity index (χ1n) is 11.1. The molecular weight excluding hydrogens is 425 g/mol. The van der Waals surface area contributed by atoms with Gasteiger partial charge < -0.3 is 20.3 Å². The highest BCUT2D eigenvalue weighted by Gasteiger charge is 2.32. The fourth-order valence-corrected chi connectivity index (χ4v) is 4.09. The van der Waals surface area contributed by atoms with Crippen LogP contribution in [-0.4, -0.2) is 69.2 Å². The number of halogens is 3. The van der Waals surface area contributed by atoms with Gasteiger partial charge in [0.15, 0.2) is 0 Å². The molecule has 2 heterocycles. The fourth-order valence-electron chi connectivity index (χ4n) is 4.09. The Morgan fingerprint density at radius 1 is 1.19 bits per heavy atom. The van der Waals surface area contributed by atoms with Gasteiger partial charge in [-0.1, -0.05) is 6.92 Å². The Hall–Kier alpha value is -2.33. The normalized spacial score (nSPS) is 20.1. The summed E-state index contributed by atoms with van der Waals surface area (Å²) in [4.78, 5) is 28.8. The first-order chi connectivity index (χ1) is 15.3. The van der Waals surface area contributed by atoms with Gasteiger partial charge in [-0.2, -0.15) is 13.2 Å². The number of carbonyl (C=O) groups excluding carboxylic acids is 2. The Kier molecular flexibility index (Phi) is 8.36. The van der Waals surface area contributed by atoms with Crippen LogP contribution in [0.2, 0.25) is 0 Å². The summed E-state index contributed by atoms with van der Waals surface area (Å²) in [5, 5.41) is 5.57. The number of carbonyl (C=O) groups is 2. The monoisotopic (exact) mass is 456 g/mol. The summed E-state index contributed by atoms with van der Waals surface area (Å²) in [5.41, 5.74) is -0.124. The first-order valence-corrected chi connectivity index (χ1v) is 11.1. The van der Waals surface area contributed by atoms with Crippen LogP contribution in [0.25, 0.3) is 0 Å². The molecule has 1 atom stereocenters. The van der Waals surface area contributed by atoms with Gasteiger partial charge in [0, 0.05) is 26.2 Å². The number of likely N-dealkylation sites (tertiary alicyclic amines) is 1. The van der Waals surface area contributed by atoms with Crippen LogP contribution in [-0.2, 0) is 20.5 Å². The third-order valence-corrected chi connectivity index (χ3v) is 5.74. The van der Waals surface area contributed by atoms with Crippen molar-refractivity contribution in [2.24, 2.45) is 5.92 Å². The van der Waals surface area contributed by atoms with Gasteiger partial charge in [-0.3, -0.25) is 14.5 Å². The van der Waals surface area contributed by atoms with Crippen molar-refractivity contribution in [3.05, 3.63) is 23.8 Å². The molecule has 0 aliphatic carbocycles. The summed E-state index contributed by atoms with van der Waals surface area (Å²) in [6.45, 7) is 5.78. The molecule has 2 aliphatic heterocycles. The van der Waals surface area contributed by atoms with E-state index < -0.39 is 17.6 Å². The molecule has 2 amide bonds. The number of rotatable bonds is 7. The number of benzene rings is 1. The summed E-state index contributed by atoms with van der Waals surface area (Å²) in [7, 11) is 0. The van der Waals surface area contributed by atoms with Crippen molar-refractivity contribution in [2.75, 3.05) is 62.7 Å². The van der Waals surface area contributed by atoms with Crippen molar-refractivity contribution in [3.63, 3.8) is 0 Å². The van der Waals surface area contributed by atoms with Crippen molar-refractivity contribution in [3.8, 4) is 0 Å². The standard InChI is InChI=1S/C22H31F3N4O3/c1-2-7-26-21(31)16-4-3-8-28(14-16)15-20(30)27-18-13-17(22(23,24)25)5-6-19(18)29-9-11-32-12-10-29/h5-6,13,16H,2-4,7-12,14-15H2,1H3,(H,26,31)(H,27,30)/t16-/m0/s1. The molecule has 7 nitrogen and oxygen atoms in total. The topological polar surface area (TPSA) is 73.9 Å².